The number of nitrogens with one attached hydrogen (secondary N) is 1. The zero-order valence-electron chi connectivity index (χ0n) is 10.0. The van der Waals surface area contributed by atoms with Crippen molar-refractivity contribution in [1.82, 2.24) is 5.32 Å². The lowest BCUT2D eigenvalue weighted by Crippen LogP contribution is -2.43. The number of hydrogen-bond acceptors (Lipinski definition) is 1. The average molecular weight is 195 g/mol. The van der Waals surface area contributed by atoms with Gasteiger partial charge in [0, 0.05) is 6.04 Å². The molecule has 0 bridgehead atoms. The summed E-state index contributed by atoms with van der Waals surface area (Å²) in [4.78, 5) is 0. The van der Waals surface area contributed by atoms with Crippen LogP contribution in [0.25, 0.3) is 0 Å². The first-order valence-electron chi connectivity index (χ1n) is 5.99. The van der Waals surface area contributed by atoms with Crippen LogP contribution in [0.1, 0.15) is 52.9 Å². The Bertz CT molecular complexity index is 189. The summed E-state index contributed by atoms with van der Waals surface area (Å²) in [6.45, 7) is 12.1. The molecule has 0 aromatic carbocycles. The lowest BCUT2D eigenvalue weighted by Gasteiger charge is -2.35. The van der Waals surface area contributed by atoms with Gasteiger partial charge >= 0.3 is 0 Å². The van der Waals surface area contributed by atoms with Crippen molar-refractivity contribution in [2.45, 2.75) is 58.9 Å². The lowest BCUT2D eigenvalue weighted by atomic mass is 9.77. The monoisotopic (exact) mass is 195 g/mol. The van der Waals surface area contributed by atoms with E-state index in [4.69, 9.17) is 0 Å². The topological polar surface area (TPSA) is 12.0 Å². The maximum atomic E-state index is 4.14. The van der Waals surface area contributed by atoms with Gasteiger partial charge in [0.25, 0.3) is 0 Å². The zero-order chi connectivity index (χ0) is 10.6. The van der Waals surface area contributed by atoms with Crippen molar-refractivity contribution in [3.63, 3.8) is 0 Å². The molecule has 0 saturated heterocycles. The summed E-state index contributed by atoms with van der Waals surface area (Å²) in [7, 11) is 0. The highest BCUT2D eigenvalue weighted by molar-refractivity contribution is 5.10. The summed E-state index contributed by atoms with van der Waals surface area (Å²) in [5.74, 6) is 0. The highest BCUT2D eigenvalue weighted by Crippen LogP contribution is 2.42. The highest BCUT2D eigenvalue weighted by Gasteiger charge is 2.36. The Morgan fingerprint density at radius 3 is 2.43 bits per heavy atom. The maximum Gasteiger partial charge on any atom is 0.0328 e. The van der Waals surface area contributed by atoms with Gasteiger partial charge in [-0.1, -0.05) is 38.8 Å². The Morgan fingerprint density at radius 1 is 1.43 bits per heavy atom. The molecule has 0 aromatic heterocycles. The van der Waals surface area contributed by atoms with Crippen LogP contribution in [0.15, 0.2) is 12.2 Å². The summed E-state index contributed by atoms with van der Waals surface area (Å²) >= 11 is 0. The summed E-state index contributed by atoms with van der Waals surface area (Å²) in [6, 6.07) is 0.532. The fraction of sp³-hybridized carbons (Fsp3) is 0.846. The van der Waals surface area contributed by atoms with Gasteiger partial charge in [-0.2, -0.15) is 0 Å². The molecule has 1 heteroatoms. The maximum absolute atomic E-state index is 4.14. The second-order valence-electron chi connectivity index (χ2n) is 5.09. The molecule has 1 N–H and O–H groups in total. The molecule has 0 aromatic rings. The highest BCUT2D eigenvalue weighted by atomic mass is 14.9. The van der Waals surface area contributed by atoms with E-state index in [-0.39, 0.29) is 0 Å². The number of hydrogen-bond donors (Lipinski definition) is 1. The van der Waals surface area contributed by atoms with Gasteiger partial charge in [-0.15, -0.1) is 0 Å². The smallest absolute Gasteiger partial charge is 0.0328 e. The Morgan fingerprint density at radius 2 is 2.00 bits per heavy atom. The second kappa shape index (κ2) is 4.97. The van der Waals surface area contributed by atoms with E-state index in [1.165, 1.54) is 37.7 Å². The molecule has 1 unspecified atom stereocenters. The lowest BCUT2D eigenvalue weighted by molar-refractivity contribution is 0.250. The molecule has 14 heavy (non-hydrogen) atoms. The molecular weight excluding hydrogens is 170 g/mol. The quantitative estimate of drug-likeness (QED) is 0.662. The largest absolute Gasteiger partial charge is 0.310 e. The predicted molar refractivity (Wildman–Crippen MR) is 63.5 cm³/mol. The molecule has 1 aliphatic carbocycles. The van der Waals surface area contributed by atoms with Crippen LogP contribution in [0.5, 0.6) is 0 Å². The molecular formula is C13H25N. The van der Waals surface area contributed by atoms with Crippen LogP contribution in [-0.2, 0) is 0 Å². The number of rotatable bonds is 5. The van der Waals surface area contributed by atoms with E-state index in [0.29, 0.717) is 11.5 Å². The molecule has 0 aliphatic heterocycles. The van der Waals surface area contributed by atoms with Gasteiger partial charge < -0.3 is 5.32 Å². The van der Waals surface area contributed by atoms with Gasteiger partial charge in [0.05, 0.1) is 0 Å². The van der Waals surface area contributed by atoms with Gasteiger partial charge in [0.2, 0.25) is 0 Å². The first-order valence-corrected chi connectivity index (χ1v) is 5.99. The molecule has 1 aliphatic rings. The third-order valence-electron chi connectivity index (χ3n) is 3.53. The van der Waals surface area contributed by atoms with E-state index >= 15 is 0 Å². The third-order valence-corrected chi connectivity index (χ3v) is 3.53. The van der Waals surface area contributed by atoms with Crippen molar-refractivity contribution in [1.29, 1.82) is 0 Å². The molecule has 0 radical (unpaired) electrons. The summed E-state index contributed by atoms with van der Waals surface area (Å²) in [5.41, 5.74) is 1.78. The Kier molecular flexibility index (Phi) is 4.18. The SMILES string of the molecule is C=C(C)C(NCCC)C1(C)CCCC1. The van der Waals surface area contributed by atoms with E-state index in [1.807, 2.05) is 0 Å². The summed E-state index contributed by atoms with van der Waals surface area (Å²) in [5, 5.41) is 3.65. The van der Waals surface area contributed by atoms with E-state index < -0.39 is 0 Å². The van der Waals surface area contributed by atoms with E-state index in [0.717, 1.165) is 6.54 Å². The molecule has 1 nitrogen and oxygen atoms in total. The normalized spacial score (nSPS) is 22.2. The molecule has 0 amide bonds. The van der Waals surface area contributed by atoms with E-state index in [2.05, 4.69) is 32.7 Å². The van der Waals surface area contributed by atoms with Crippen LogP contribution in [0, 0.1) is 5.41 Å². The zero-order valence-corrected chi connectivity index (χ0v) is 10.0. The van der Waals surface area contributed by atoms with Crippen molar-refractivity contribution < 1.29 is 0 Å². The van der Waals surface area contributed by atoms with Gasteiger partial charge in [-0.25, -0.2) is 0 Å². The third kappa shape index (κ3) is 2.60. The second-order valence-corrected chi connectivity index (χ2v) is 5.09. The van der Waals surface area contributed by atoms with Crippen LogP contribution in [0.3, 0.4) is 0 Å². The Labute approximate surface area is 89.0 Å². The minimum absolute atomic E-state index is 0.473. The van der Waals surface area contributed by atoms with Crippen molar-refractivity contribution in [3.05, 3.63) is 12.2 Å². The van der Waals surface area contributed by atoms with Gasteiger partial charge in [-0.3, -0.25) is 0 Å². The summed E-state index contributed by atoms with van der Waals surface area (Å²) in [6.07, 6.45) is 6.73. The van der Waals surface area contributed by atoms with Crippen molar-refractivity contribution >= 4 is 0 Å². The molecule has 1 rings (SSSR count). The Hall–Kier alpha value is -0.300. The fourth-order valence-electron chi connectivity index (χ4n) is 2.78. The van der Waals surface area contributed by atoms with Crippen molar-refractivity contribution in [3.8, 4) is 0 Å². The minimum atomic E-state index is 0.473. The predicted octanol–water partition coefficient (Wildman–Crippen LogP) is 3.51. The fourth-order valence-corrected chi connectivity index (χ4v) is 2.78. The van der Waals surface area contributed by atoms with Crippen molar-refractivity contribution in [2.75, 3.05) is 6.54 Å². The van der Waals surface area contributed by atoms with Crippen molar-refractivity contribution in [2.24, 2.45) is 5.41 Å². The van der Waals surface area contributed by atoms with Gasteiger partial charge in [0.1, 0.15) is 0 Å². The molecule has 0 heterocycles. The van der Waals surface area contributed by atoms with E-state index in [1.54, 1.807) is 0 Å². The van der Waals surface area contributed by atoms with Crippen LogP contribution in [0.4, 0.5) is 0 Å². The standard InChI is InChI=1S/C13H25N/c1-5-10-14-12(11(2)3)13(4)8-6-7-9-13/h12,14H,2,5-10H2,1,3-4H3. The van der Waals surface area contributed by atoms with Crippen LogP contribution < -0.4 is 5.32 Å². The average Bonchev–Trinajstić information content (AvgIpc) is 2.53. The Balaban J connectivity index is 2.61. The van der Waals surface area contributed by atoms with E-state index in [9.17, 15) is 0 Å². The van der Waals surface area contributed by atoms with Crippen LogP contribution >= 0.6 is 0 Å². The first-order chi connectivity index (χ1) is 6.60. The summed E-state index contributed by atoms with van der Waals surface area (Å²) < 4.78 is 0. The van der Waals surface area contributed by atoms with Crippen LogP contribution in [0.2, 0.25) is 0 Å². The molecule has 0 spiro atoms. The minimum Gasteiger partial charge on any atom is -0.310 e. The first kappa shape index (κ1) is 11.8. The van der Waals surface area contributed by atoms with Gasteiger partial charge in [0.15, 0.2) is 0 Å². The molecule has 1 atom stereocenters. The molecule has 1 saturated carbocycles. The molecule has 1 fully saturated rings. The molecule has 82 valence electrons. The van der Waals surface area contributed by atoms with Crippen LogP contribution in [-0.4, -0.2) is 12.6 Å². The van der Waals surface area contributed by atoms with Gasteiger partial charge in [-0.05, 0) is 38.1 Å².